The van der Waals surface area contributed by atoms with Gasteiger partial charge in [-0.25, -0.2) is 0 Å². The monoisotopic (exact) mass is 166 g/mol. The van der Waals surface area contributed by atoms with Gasteiger partial charge in [0.15, 0.2) is 30.0 Å². The number of hydrogen-bond donors (Lipinski definition) is 0. The molecule has 0 amide bonds. The second kappa shape index (κ2) is 1.72. The van der Waals surface area contributed by atoms with Crippen molar-refractivity contribution in [3.8, 4) is 0 Å². The largest absolute Gasteiger partial charge is 0.482 e. The summed E-state index contributed by atoms with van der Waals surface area (Å²) in [4.78, 5) is 11.2. The van der Waals surface area contributed by atoms with E-state index in [9.17, 15) is 4.79 Å². The second-order valence-corrected chi connectivity index (χ2v) is 2.93. The highest BCUT2D eigenvalue weighted by atomic mass is 16.7. The first kappa shape index (κ1) is 6.25. The van der Waals surface area contributed by atoms with Crippen molar-refractivity contribution in [2.45, 2.75) is 11.7 Å². The molecule has 3 aliphatic rings. The summed E-state index contributed by atoms with van der Waals surface area (Å²) >= 11 is 0. The van der Waals surface area contributed by atoms with E-state index in [0.717, 1.165) is 0 Å². The molecule has 0 bridgehead atoms. The Labute approximate surface area is 68.4 Å². The third-order valence-corrected chi connectivity index (χ3v) is 2.35. The van der Waals surface area contributed by atoms with Gasteiger partial charge in [-0.05, 0) is 12.2 Å². The minimum absolute atomic E-state index is 0.0632. The molecule has 1 saturated heterocycles. The molecule has 0 N–H and O–H groups in total. The predicted octanol–water partition coefficient (Wildman–Crippen LogP) is 0.109. The molecule has 0 aromatic heterocycles. The van der Waals surface area contributed by atoms with Crippen LogP contribution < -0.4 is 0 Å². The molecule has 0 aromatic rings. The van der Waals surface area contributed by atoms with Crippen molar-refractivity contribution in [3.63, 3.8) is 0 Å². The lowest BCUT2D eigenvalue weighted by atomic mass is 10.0. The van der Waals surface area contributed by atoms with Crippen LogP contribution in [0.15, 0.2) is 24.2 Å². The first-order valence-corrected chi connectivity index (χ1v) is 3.69. The highest BCUT2D eigenvalue weighted by molar-refractivity contribution is 5.99. The molecule has 4 heteroatoms. The minimum atomic E-state index is -0.725. The van der Waals surface area contributed by atoms with E-state index in [4.69, 9.17) is 14.2 Å². The van der Waals surface area contributed by atoms with Crippen molar-refractivity contribution < 1.29 is 19.0 Å². The van der Waals surface area contributed by atoms with Crippen LogP contribution in [0.3, 0.4) is 0 Å². The molecule has 2 unspecified atom stereocenters. The Morgan fingerprint density at radius 3 is 3.42 bits per heavy atom. The molecule has 4 nitrogen and oxygen atoms in total. The van der Waals surface area contributed by atoms with Crippen LogP contribution in [-0.4, -0.2) is 24.3 Å². The minimum Gasteiger partial charge on any atom is -0.482 e. The summed E-state index contributed by atoms with van der Waals surface area (Å²) in [6.45, 7) is 0.198. The molecule has 62 valence electrons. The number of ether oxygens (including phenoxy) is 3. The van der Waals surface area contributed by atoms with Gasteiger partial charge in [-0.1, -0.05) is 0 Å². The lowest BCUT2D eigenvalue weighted by molar-refractivity contribution is -0.128. The summed E-state index contributed by atoms with van der Waals surface area (Å²) in [6, 6.07) is 0. The zero-order valence-corrected chi connectivity index (χ0v) is 6.15. The first-order chi connectivity index (χ1) is 5.83. The van der Waals surface area contributed by atoms with E-state index >= 15 is 0 Å². The van der Waals surface area contributed by atoms with Crippen molar-refractivity contribution in [1.82, 2.24) is 0 Å². The van der Waals surface area contributed by atoms with E-state index in [1.54, 1.807) is 6.08 Å². The number of hydrogen-bond acceptors (Lipinski definition) is 4. The van der Waals surface area contributed by atoms with Gasteiger partial charge in [0.05, 0.1) is 0 Å². The van der Waals surface area contributed by atoms with Gasteiger partial charge in [-0.15, -0.1) is 0 Å². The van der Waals surface area contributed by atoms with Crippen LogP contribution in [0.5, 0.6) is 0 Å². The molecule has 1 aliphatic carbocycles. The van der Waals surface area contributed by atoms with Gasteiger partial charge >= 0.3 is 0 Å². The van der Waals surface area contributed by atoms with Crippen molar-refractivity contribution in [3.05, 3.63) is 24.2 Å². The van der Waals surface area contributed by atoms with Crippen LogP contribution >= 0.6 is 0 Å². The number of carbonyl (C=O) groups is 1. The van der Waals surface area contributed by atoms with Crippen LogP contribution in [-0.2, 0) is 19.0 Å². The van der Waals surface area contributed by atoms with E-state index in [-0.39, 0.29) is 12.6 Å². The van der Waals surface area contributed by atoms with Gasteiger partial charge in [-0.2, -0.15) is 0 Å². The Hall–Kier alpha value is -1.29. The van der Waals surface area contributed by atoms with Crippen molar-refractivity contribution >= 4 is 5.78 Å². The molecule has 2 heterocycles. The van der Waals surface area contributed by atoms with Crippen molar-refractivity contribution in [2.75, 3.05) is 6.79 Å². The average molecular weight is 166 g/mol. The Morgan fingerprint density at radius 1 is 1.58 bits per heavy atom. The zero-order valence-electron chi connectivity index (χ0n) is 6.15. The molecule has 0 saturated carbocycles. The highest BCUT2D eigenvalue weighted by Crippen LogP contribution is 2.43. The van der Waals surface area contributed by atoms with Crippen LogP contribution in [0, 0.1) is 0 Å². The fourth-order valence-corrected chi connectivity index (χ4v) is 1.73. The van der Waals surface area contributed by atoms with Gasteiger partial charge < -0.3 is 14.2 Å². The number of rotatable bonds is 0. The lowest BCUT2D eigenvalue weighted by Crippen LogP contribution is -2.38. The third kappa shape index (κ3) is 0.484. The molecule has 1 spiro atoms. The standard InChI is InChI=1S/C8H6O4/c9-5-1-2-8-6(11-4-12-8)3-10-7(5)8/h1-3,7H,4H2. The van der Waals surface area contributed by atoms with Gasteiger partial charge in [0.25, 0.3) is 0 Å². The topological polar surface area (TPSA) is 44.8 Å². The molecule has 1 fully saturated rings. The van der Waals surface area contributed by atoms with Gasteiger partial charge in [0.1, 0.15) is 6.26 Å². The van der Waals surface area contributed by atoms with E-state index in [0.29, 0.717) is 5.76 Å². The van der Waals surface area contributed by atoms with Crippen LogP contribution in [0.2, 0.25) is 0 Å². The molecule has 0 radical (unpaired) electrons. The fraction of sp³-hybridized carbons (Fsp3) is 0.375. The Balaban J connectivity index is 2.14. The quantitative estimate of drug-likeness (QED) is 0.512. The average Bonchev–Trinajstić information content (AvgIpc) is 2.62. The molecule has 2 atom stereocenters. The molecule has 2 aliphatic heterocycles. The summed E-state index contributed by atoms with van der Waals surface area (Å²) < 4.78 is 15.6. The van der Waals surface area contributed by atoms with Crippen LogP contribution in [0.1, 0.15) is 0 Å². The van der Waals surface area contributed by atoms with Crippen LogP contribution in [0.25, 0.3) is 0 Å². The van der Waals surface area contributed by atoms with E-state index in [1.807, 2.05) is 0 Å². The molecule has 12 heavy (non-hydrogen) atoms. The lowest BCUT2D eigenvalue weighted by Gasteiger charge is -2.18. The maximum atomic E-state index is 11.2. The molecule has 0 aromatic carbocycles. The second-order valence-electron chi connectivity index (χ2n) is 2.93. The van der Waals surface area contributed by atoms with Crippen LogP contribution in [0.4, 0.5) is 0 Å². The van der Waals surface area contributed by atoms with Gasteiger partial charge in [-0.3, -0.25) is 4.79 Å². The van der Waals surface area contributed by atoms with Gasteiger partial charge in [0, 0.05) is 0 Å². The summed E-state index contributed by atoms with van der Waals surface area (Å²) in [5.41, 5.74) is -0.725. The summed E-state index contributed by atoms with van der Waals surface area (Å²) in [5.74, 6) is 0.543. The van der Waals surface area contributed by atoms with Crippen molar-refractivity contribution in [2.24, 2.45) is 0 Å². The van der Waals surface area contributed by atoms with Gasteiger partial charge in [0.2, 0.25) is 0 Å². The summed E-state index contributed by atoms with van der Waals surface area (Å²) in [7, 11) is 0. The fourth-order valence-electron chi connectivity index (χ4n) is 1.73. The smallest absolute Gasteiger partial charge is 0.200 e. The summed E-state index contributed by atoms with van der Waals surface area (Å²) in [5, 5.41) is 0. The third-order valence-electron chi connectivity index (χ3n) is 2.35. The Bertz CT molecular complexity index is 317. The maximum Gasteiger partial charge on any atom is 0.200 e. The summed E-state index contributed by atoms with van der Waals surface area (Å²) in [6.07, 6.45) is 4.09. The Kier molecular flexibility index (Phi) is 0.895. The van der Waals surface area contributed by atoms with Crippen molar-refractivity contribution in [1.29, 1.82) is 0 Å². The number of carbonyl (C=O) groups excluding carboxylic acids is 1. The maximum absolute atomic E-state index is 11.2. The van der Waals surface area contributed by atoms with E-state index in [1.165, 1.54) is 12.3 Å². The molecular weight excluding hydrogens is 160 g/mol. The SMILES string of the molecule is O=C1C=CC23OCOC2=COC13. The molecule has 3 rings (SSSR count). The normalized spacial score (nSPS) is 41.8. The van der Waals surface area contributed by atoms with E-state index in [2.05, 4.69) is 0 Å². The number of ketones is 1. The first-order valence-electron chi connectivity index (χ1n) is 3.69. The highest BCUT2D eigenvalue weighted by Gasteiger charge is 2.58. The molecular formula is C8H6O4. The van der Waals surface area contributed by atoms with E-state index < -0.39 is 11.7 Å². The Morgan fingerprint density at radius 2 is 2.50 bits per heavy atom. The zero-order chi connectivity index (χ0) is 8.18. The predicted molar refractivity (Wildman–Crippen MR) is 36.9 cm³/mol.